The van der Waals surface area contributed by atoms with Crippen LogP contribution in [0.1, 0.15) is 44.3 Å². The molecule has 0 radical (unpaired) electrons. The van der Waals surface area contributed by atoms with Gasteiger partial charge in [-0.3, -0.25) is 14.8 Å². The molecule has 0 spiro atoms. The molecule has 1 fully saturated rings. The first kappa shape index (κ1) is 18.6. The molecule has 1 saturated carbocycles. The van der Waals surface area contributed by atoms with Gasteiger partial charge in [0.05, 0.1) is 10.8 Å². The van der Waals surface area contributed by atoms with Crippen molar-refractivity contribution < 1.29 is 4.92 Å². The van der Waals surface area contributed by atoms with Crippen LogP contribution < -0.4 is 0 Å². The number of hydrogen-bond acceptors (Lipinski definition) is 6. The molecule has 2 aromatic heterocycles. The maximum atomic E-state index is 10.7. The molecule has 1 aliphatic rings. The molecule has 2 aromatic rings. The van der Waals surface area contributed by atoms with Crippen molar-refractivity contribution >= 4 is 17.4 Å². The highest BCUT2D eigenvalue weighted by molar-refractivity contribution is 7.98. The molecule has 0 aliphatic heterocycles. The van der Waals surface area contributed by atoms with Crippen molar-refractivity contribution in [3.8, 4) is 0 Å². The van der Waals surface area contributed by atoms with Gasteiger partial charge in [-0.15, -0.1) is 16.8 Å². The van der Waals surface area contributed by atoms with E-state index in [2.05, 4.69) is 26.4 Å². The van der Waals surface area contributed by atoms with Crippen molar-refractivity contribution in [1.29, 1.82) is 0 Å². The Morgan fingerprint density at radius 2 is 2.15 bits per heavy atom. The second kappa shape index (κ2) is 8.98. The lowest BCUT2D eigenvalue weighted by Crippen LogP contribution is -2.10. The third-order valence-electron chi connectivity index (χ3n) is 4.76. The summed E-state index contributed by atoms with van der Waals surface area (Å²) in [6, 6.07) is 0. The molecule has 2 heterocycles. The van der Waals surface area contributed by atoms with E-state index in [0.29, 0.717) is 12.4 Å². The van der Waals surface area contributed by atoms with Gasteiger partial charge in [0.25, 0.3) is 0 Å². The number of thioether (sulfide) groups is 1. The highest BCUT2D eigenvalue weighted by Gasteiger charge is 2.17. The first-order valence-electron chi connectivity index (χ1n) is 9.00. The monoisotopic (exact) mass is 376 g/mol. The summed E-state index contributed by atoms with van der Waals surface area (Å²) in [5, 5.41) is 24.2. The van der Waals surface area contributed by atoms with Gasteiger partial charge in [0.1, 0.15) is 18.2 Å². The standard InChI is InChI=1S/C17H24N6O2S/c1-2-10-22-16(9-8-14-6-4-3-5-7-14)19-20-17(22)26-13-21-12-15(11-18-21)23(24)25/h2,11-12,14H,1,3-10,13H2. The van der Waals surface area contributed by atoms with E-state index in [1.165, 1.54) is 60.9 Å². The van der Waals surface area contributed by atoms with Crippen LogP contribution in [0.2, 0.25) is 0 Å². The number of aryl methyl sites for hydroxylation is 1. The molecule has 0 saturated heterocycles. The third kappa shape index (κ3) is 4.72. The minimum absolute atomic E-state index is 0.00803. The molecule has 0 unspecified atom stereocenters. The van der Waals surface area contributed by atoms with Gasteiger partial charge in [-0.05, 0) is 12.3 Å². The number of rotatable bonds is 9. The van der Waals surface area contributed by atoms with E-state index >= 15 is 0 Å². The van der Waals surface area contributed by atoms with E-state index in [1.54, 1.807) is 0 Å². The quantitative estimate of drug-likeness (QED) is 0.286. The van der Waals surface area contributed by atoms with Crippen molar-refractivity contribution in [3.63, 3.8) is 0 Å². The fourth-order valence-corrected chi connectivity index (χ4v) is 4.20. The summed E-state index contributed by atoms with van der Waals surface area (Å²) < 4.78 is 3.62. The first-order chi connectivity index (χ1) is 12.7. The van der Waals surface area contributed by atoms with Crippen LogP contribution in [0.4, 0.5) is 5.69 Å². The van der Waals surface area contributed by atoms with Crippen LogP contribution in [0, 0.1) is 16.0 Å². The van der Waals surface area contributed by atoms with Crippen molar-refractivity contribution in [3.05, 3.63) is 41.0 Å². The Hall–Kier alpha value is -2.16. The highest BCUT2D eigenvalue weighted by atomic mass is 32.2. The highest BCUT2D eigenvalue weighted by Crippen LogP contribution is 2.28. The van der Waals surface area contributed by atoms with Gasteiger partial charge in [0.15, 0.2) is 5.16 Å². The summed E-state index contributed by atoms with van der Waals surface area (Å²) in [4.78, 5) is 10.3. The number of allylic oxidation sites excluding steroid dienone is 1. The van der Waals surface area contributed by atoms with Crippen molar-refractivity contribution in [2.75, 3.05) is 0 Å². The molecule has 0 aromatic carbocycles. The van der Waals surface area contributed by atoms with Gasteiger partial charge in [-0.2, -0.15) is 5.10 Å². The maximum absolute atomic E-state index is 10.7. The lowest BCUT2D eigenvalue weighted by atomic mass is 9.86. The first-order valence-corrected chi connectivity index (χ1v) is 9.98. The van der Waals surface area contributed by atoms with Gasteiger partial charge in [0, 0.05) is 13.0 Å². The van der Waals surface area contributed by atoms with Crippen LogP contribution in [-0.2, 0) is 18.8 Å². The normalized spacial score (nSPS) is 15.2. The van der Waals surface area contributed by atoms with Gasteiger partial charge in [-0.25, -0.2) is 0 Å². The zero-order valence-electron chi connectivity index (χ0n) is 14.8. The Bertz CT molecular complexity index is 750. The molecule has 3 rings (SSSR count). The molecule has 0 N–H and O–H groups in total. The summed E-state index contributed by atoms with van der Waals surface area (Å²) in [5.74, 6) is 2.24. The predicted molar refractivity (Wildman–Crippen MR) is 99.9 cm³/mol. The SMILES string of the molecule is C=CCn1c(CCC2CCCCC2)nnc1SCn1cc([N+](=O)[O-])cn1. The van der Waals surface area contributed by atoms with E-state index in [4.69, 9.17) is 0 Å². The molecule has 9 heteroatoms. The van der Waals surface area contributed by atoms with Crippen LogP contribution in [0.5, 0.6) is 0 Å². The van der Waals surface area contributed by atoms with Crippen molar-refractivity contribution in [2.45, 2.75) is 62.5 Å². The average molecular weight is 376 g/mol. The Balaban J connectivity index is 1.61. The average Bonchev–Trinajstić information content (AvgIpc) is 3.27. The van der Waals surface area contributed by atoms with Gasteiger partial charge in [0.2, 0.25) is 0 Å². The van der Waals surface area contributed by atoms with Crippen LogP contribution in [-0.4, -0.2) is 29.5 Å². The van der Waals surface area contributed by atoms with Gasteiger partial charge >= 0.3 is 5.69 Å². The lowest BCUT2D eigenvalue weighted by Gasteiger charge is -2.21. The molecule has 0 atom stereocenters. The summed E-state index contributed by atoms with van der Waals surface area (Å²) in [5.41, 5.74) is -0.00803. The predicted octanol–water partition coefficient (Wildman–Crippen LogP) is 3.83. The molecule has 8 nitrogen and oxygen atoms in total. The van der Waals surface area contributed by atoms with E-state index < -0.39 is 4.92 Å². The minimum Gasteiger partial charge on any atom is -0.302 e. The zero-order valence-corrected chi connectivity index (χ0v) is 15.6. The third-order valence-corrected chi connectivity index (χ3v) is 5.72. The molecule has 0 amide bonds. The van der Waals surface area contributed by atoms with E-state index in [0.717, 1.165) is 29.7 Å². The number of nitrogens with zero attached hydrogens (tertiary/aromatic N) is 6. The van der Waals surface area contributed by atoms with E-state index in [-0.39, 0.29) is 5.69 Å². The molecular formula is C17H24N6O2S. The van der Waals surface area contributed by atoms with Crippen molar-refractivity contribution in [2.24, 2.45) is 5.92 Å². The van der Waals surface area contributed by atoms with Crippen LogP contribution in [0.3, 0.4) is 0 Å². The molecule has 0 bridgehead atoms. The molecular weight excluding hydrogens is 352 g/mol. The number of nitro groups is 1. The van der Waals surface area contributed by atoms with Crippen LogP contribution in [0.15, 0.2) is 30.2 Å². The van der Waals surface area contributed by atoms with E-state index in [9.17, 15) is 10.1 Å². The smallest absolute Gasteiger partial charge is 0.302 e. The van der Waals surface area contributed by atoms with Crippen molar-refractivity contribution in [1.82, 2.24) is 24.5 Å². The zero-order chi connectivity index (χ0) is 18.4. The Morgan fingerprint density at radius 1 is 1.35 bits per heavy atom. The largest absolute Gasteiger partial charge is 0.307 e. The Morgan fingerprint density at radius 3 is 2.85 bits per heavy atom. The lowest BCUT2D eigenvalue weighted by molar-refractivity contribution is -0.385. The summed E-state index contributed by atoms with van der Waals surface area (Å²) in [6.45, 7) is 4.49. The molecule has 26 heavy (non-hydrogen) atoms. The molecule has 1 aliphatic carbocycles. The number of aromatic nitrogens is 5. The minimum atomic E-state index is -0.447. The van der Waals surface area contributed by atoms with E-state index in [1.807, 2.05) is 6.08 Å². The second-order valence-corrected chi connectivity index (χ2v) is 7.52. The Kier molecular flexibility index (Phi) is 6.43. The summed E-state index contributed by atoms with van der Waals surface area (Å²) >= 11 is 1.47. The fourth-order valence-electron chi connectivity index (χ4n) is 3.37. The summed E-state index contributed by atoms with van der Waals surface area (Å²) in [6.07, 6.45) is 13.3. The number of hydrogen-bond donors (Lipinski definition) is 0. The molecule has 140 valence electrons. The second-order valence-electron chi connectivity index (χ2n) is 6.61. The van der Waals surface area contributed by atoms with Crippen LogP contribution in [0.25, 0.3) is 0 Å². The maximum Gasteiger partial charge on any atom is 0.307 e. The fraction of sp³-hybridized carbons (Fsp3) is 0.588. The van der Waals surface area contributed by atoms with Gasteiger partial charge in [-0.1, -0.05) is 49.9 Å². The van der Waals surface area contributed by atoms with Gasteiger partial charge < -0.3 is 4.57 Å². The topological polar surface area (TPSA) is 91.7 Å². The summed E-state index contributed by atoms with van der Waals surface area (Å²) in [7, 11) is 0. The van der Waals surface area contributed by atoms with Crippen LogP contribution >= 0.6 is 11.8 Å². The Labute approximate surface area is 156 Å².